The Morgan fingerprint density at radius 1 is 1.36 bits per heavy atom. The average molecular weight is 340 g/mol. The van der Waals surface area contributed by atoms with Crippen LogP contribution in [0, 0.1) is 0 Å². The molecule has 3 aromatic rings. The molecule has 0 amide bonds. The van der Waals surface area contributed by atoms with E-state index < -0.39 is 0 Å². The highest BCUT2D eigenvalue weighted by Crippen LogP contribution is 2.22. The molecule has 0 bridgehead atoms. The van der Waals surface area contributed by atoms with Gasteiger partial charge in [-0.1, -0.05) is 0 Å². The molecule has 8 nitrogen and oxygen atoms in total. The van der Waals surface area contributed by atoms with Crippen LogP contribution in [0.1, 0.15) is 6.42 Å². The van der Waals surface area contributed by atoms with Gasteiger partial charge in [0.1, 0.15) is 29.5 Å². The summed E-state index contributed by atoms with van der Waals surface area (Å²) < 4.78 is 7.37. The van der Waals surface area contributed by atoms with Gasteiger partial charge in [0.25, 0.3) is 0 Å². The van der Waals surface area contributed by atoms with Crippen molar-refractivity contribution in [3.05, 3.63) is 36.9 Å². The minimum atomic E-state index is -0.0171. The Morgan fingerprint density at radius 3 is 3.16 bits per heavy atom. The summed E-state index contributed by atoms with van der Waals surface area (Å²) in [7, 11) is 0. The van der Waals surface area contributed by atoms with Crippen LogP contribution in [-0.4, -0.2) is 56.8 Å². The molecule has 8 heteroatoms. The number of nitrogens with one attached hydrogen (secondary N) is 2. The number of pyridine rings is 1. The summed E-state index contributed by atoms with van der Waals surface area (Å²) in [6.07, 6.45) is 8.21. The van der Waals surface area contributed by atoms with Crippen molar-refractivity contribution in [1.29, 1.82) is 0 Å². The van der Waals surface area contributed by atoms with E-state index in [9.17, 15) is 0 Å². The van der Waals surface area contributed by atoms with Crippen LogP contribution in [0.5, 0.6) is 5.75 Å². The second-order valence-electron chi connectivity index (χ2n) is 5.93. The highest BCUT2D eigenvalue weighted by atomic mass is 16.5. The quantitative estimate of drug-likeness (QED) is 0.614. The van der Waals surface area contributed by atoms with Gasteiger partial charge in [0, 0.05) is 24.8 Å². The predicted octanol–water partition coefficient (Wildman–Crippen LogP) is 0.936. The molecule has 1 saturated heterocycles. The first-order valence-corrected chi connectivity index (χ1v) is 8.34. The lowest BCUT2D eigenvalue weighted by atomic mass is 10.2. The van der Waals surface area contributed by atoms with Crippen LogP contribution in [0.25, 0.3) is 17.0 Å². The van der Waals surface area contributed by atoms with E-state index in [0.29, 0.717) is 11.8 Å². The van der Waals surface area contributed by atoms with Crippen molar-refractivity contribution in [3.63, 3.8) is 0 Å². The van der Waals surface area contributed by atoms with E-state index in [1.54, 1.807) is 18.6 Å². The molecular weight excluding hydrogens is 320 g/mol. The monoisotopic (exact) mass is 340 g/mol. The molecular formula is C17H20N6O2. The molecule has 0 spiro atoms. The molecule has 3 N–H and O–H groups in total. The number of imidazole rings is 1. The standard InChI is InChI=1S/C17H20N6O2/c24-5-6-25-13-2-4-23-15(10-20-17(23)7-13)14-9-19-11-16(22-14)21-12-1-3-18-8-12/h2,4,7,9-12,18,24H,1,3,5-6,8H2,(H,21,22). The topological polar surface area (TPSA) is 96.6 Å². The fourth-order valence-electron chi connectivity index (χ4n) is 2.95. The number of anilines is 1. The van der Waals surface area contributed by atoms with Gasteiger partial charge in [0.05, 0.1) is 30.9 Å². The van der Waals surface area contributed by atoms with Crippen LogP contribution >= 0.6 is 0 Å². The van der Waals surface area contributed by atoms with Crippen molar-refractivity contribution in [2.75, 3.05) is 31.6 Å². The summed E-state index contributed by atoms with van der Waals surface area (Å²) >= 11 is 0. The van der Waals surface area contributed by atoms with Crippen LogP contribution in [0.3, 0.4) is 0 Å². The third kappa shape index (κ3) is 3.40. The number of hydrogen-bond donors (Lipinski definition) is 3. The van der Waals surface area contributed by atoms with Crippen LogP contribution in [0.2, 0.25) is 0 Å². The Balaban J connectivity index is 1.60. The van der Waals surface area contributed by atoms with E-state index in [2.05, 4.69) is 25.6 Å². The molecule has 4 rings (SSSR count). The summed E-state index contributed by atoms with van der Waals surface area (Å²) in [6, 6.07) is 4.06. The van der Waals surface area contributed by atoms with Crippen molar-refractivity contribution in [2.24, 2.45) is 0 Å². The number of aliphatic hydroxyl groups excluding tert-OH is 1. The predicted molar refractivity (Wildman–Crippen MR) is 93.7 cm³/mol. The second-order valence-corrected chi connectivity index (χ2v) is 5.93. The van der Waals surface area contributed by atoms with E-state index in [1.807, 2.05) is 22.7 Å². The molecule has 1 unspecified atom stereocenters. The minimum absolute atomic E-state index is 0.0171. The highest BCUT2D eigenvalue weighted by Gasteiger charge is 2.15. The SMILES string of the molecule is OCCOc1ccn2c(-c3cncc(NC4CCNC4)n3)cnc2c1. The summed E-state index contributed by atoms with van der Waals surface area (Å²) in [4.78, 5) is 13.4. The first-order valence-electron chi connectivity index (χ1n) is 8.34. The summed E-state index contributed by atoms with van der Waals surface area (Å²) in [5.41, 5.74) is 2.38. The molecule has 0 radical (unpaired) electrons. The third-order valence-corrected chi connectivity index (χ3v) is 4.15. The van der Waals surface area contributed by atoms with Gasteiger partial charge >= 0.3 is 0 Å². The van der Waals surface area contributed by atoms with E-state index in [1.165, 1.54) is 0 Å². The molecule has 1 atom stereocenters. The lowest BCUT2D eigenvalue weighted by Crippen LogP contribution is -2.22. The first-order chi connectivity index (χ1) is 12.3. The Kier molecular flexibility index (Phi) is 4.45. The van der Waals surface area contributed by atoms with Gasteiger partial charge in [-0.15, -0.1) is 0 Å². The highest BCUT2D eigenvalue weighted by molar-refractivity contribution is 5.61. The molecule has 1 aliphatic heterocycles. The molecule has 1 fully saturated rings. The molecule has 1 aliphatic rings. The number of aromatic nitrogens is 4. The van der Waals surface area contributed by atoms with Crippen molar-refractivity contribution in [1.82, 2.24) is 24.7 Å². The Labute approximate surface area is 144 Å². The average Bonchev–Trinajstić information content (AvgIpc) is 3.29. The zero-order valence-electron chi connectivity index (χ0n) is 13.7. The maximum Gasteiger partial charge on any atom is 0.145 e. The van der Waals surface area contributed by atoms with Crippen LogP contribution in [0.15, 0.2) is 36.9 Å². The molecule has 25 heavy (non-hydrogen) atoms. The molecule has 4 heterocycles. The third-order valence-electron chi connectivity index (χ3n) is 4.15. The smallest absolute Gasteiger partial charge is 0.145 e. The van der Waals surface area contributed by atoms with E-state index in [-0.39, 0.29) is 13.2 Å². The van der Waals surface area contributed by atoms with Crippen LogP contribution in [0.4, 0.5) is 5.82 Å². The first kappa shape index (κ1) is 15.8. The fourth-order valence-corrected chi connectivity index (χ4v) is 2.95. The van der Waals surface area contributed by atoms with Crippen LogP contribution in [-0.2, 0) is 0 Å². The summed E-state index contributed by atoms with van der Waals surface area (Å²) in [5.74, 6) is 1.44. The number of rotatable bonds is 6. The van der Waals surface area contributed by atoms with E-state index in [4.69, 9.17) is 9.84 Å². The molecule has 130 valence electrons. The molecule has 0 aromatic carbocycles. The van der Waals surface area contributed by atoms with Gasteiger partial charge in [-0.3, -0.25) is 9.38 Å². The lowest BCUT2D eigenvalue weighted by molar-refractivity contribution is 0.201. The van der Waals surface area contributed by atoms with E-state index in [0.717, 1.165) is 42.4 Å². The Hall–Kier alpha value is -2.71. The Morgan fingerprint density at radius 2 is 2.32 bits per heavy atom. The molecule has 0 aliphatic carbocycles. The number of fused-ring (bicyclic) bond motifs is 1. The molecule has 3 aromatic heterocycles. The number of ether oxygens (including phenoxy) is 1. The maximum absolute atomic E-state index is 8.85. The zero-order valence-corrected chi connectivity index (χ0v) is 13.7. The lowest BCUT2D eigenvalue weighted by Gasteiger charge is -2.12. The van der Waals surface area contributed by atoms with Gasteiger partial charge in [0.2, 0.25) is 0 Å². The number of hydrogen-bond acceptors (Lipinski definition) is 7. The summed E-state index contributed by atoms with van der Waals surface area (Å²) in [5, 5.41) is 15.6. The fraction of sp³-hybridized carbons (Fsp3) is 0.353. The second kappa shape index (κ2) is 7.04. The van der Waals surface area contributed by atoms with Crippen molar-refractivity contribution < 1.29 is 9.84 Å². The van der Waals surface area contributed by atoms with Crippen molar-refractivity contribution >= 4 is 11.5 Å². The zero-order chi connectivity index (χ0) is 17.1. The van der Waals surface area contributed by atoms with Gasteiger partial charge in [0.15, 0.2) is 0 Å². The van der Waals surface area contributed by atoms with Gasteiger partial charge in [-0.2, -0.15) is 0 Å². The van der Waals surface area contributed by atoms with Crippen molar-refractivity contribution in [3.8, 4) is 17.1 Å². The summed E-state index contributed by atoms with van der Waals surface area (Å²) in [6.45, 7) is 2.21. The normalized spacial score (nSPS) is 17.1. The van der Waals surface area contributed by atoms with E-state index >= 15 is 0 Å². The molecule has 0 saturated carbocycles. The number of aliphatic hydroxyl groups is 1. The van der Waals surface area contributed by atoms with Crippen molar-refractivity contribution in [2.45, 2.75) is 12.5 Å². The number of nitrogens with zero attached hydrogens (tertiary/aromatic N) is 4. The van der Waals surface area contributed by atoms with Gasteiger partial charge < -0.3 is 20.5 Å². The van der Waals surface area contributed by atoms with Crippen LogP contribution < -0.4 is 15.4 Å². The van der Waals surface area contributed by atoms with Gasteiger partial charge in [-0.25, -0.2) is 9.97 Å². The maximum atomic E-state index is 8.85. The Bertz CT molecular complexity index is 859. The largest absolute Gasteiger partial charge is 0.491 e. The van der Waals surface area contributed by atoms with Gasteiger partial charge in [-0.05, 0) is 19.0 Å². The minimum Gasteiger partial charge on any atom is -0.491 e.